The van der Waals surface area contributed by atoms with Crippen molar-refractivity contribution in [2.24, 2.45) is 0 Å². The molecule has 0 aliphatic carbocycles. The van der Waals surface area contributed by atoms with Gasteiger partial charge in [-0.15, -0.1) is 11.3 Å². The molecule has 2 N–H and O–H groups in total. The first kappa shape index (κ1) is 13.8. The minimum atomic E-state index is -0.276. The average Bonchev–Trinajstić information content (AvgIpc) is 3.24. The number of fused-ring (bicyclic) bond motifs is 2. The topological polar surface area (TPSA) is 54.0 Å². The maximum atomic E-state index is 12.9. The summed E-state index contributed by atoms with van der Waals surface area (Å²) in [5.74, 6) is -0.340. The Morgan fingerprint density at radius 3 is 2.82 bits per heavy atom. The lowest BCUT2D eigenvalue weighted by Gasteiger charge is -2.20. The largest absolute Gasteiger partial charge is 0.347 e. The van der Waals surface area contributed by atoms with Gasteiger partial charge in [-0.3, -0.25) is 4.79 Å². The molecule has 22 heavy (non-hydrogen) atoms. The Morgan fingerprint density at radius 1 is 1.32 bits per heavy atom. The lowest BCUT2D eigenvalue weighted by Crippen LogP contribution is -2.42. The lowest BCUT2D eigenvalue weighted by molar-refractivity contribution is 0.0935. The number of carbonyl (C=O) groups excluding carboxylic acids is 1. The third-order valence-corrected chi connectivity index (χ3v) is 5.48. The van der Waals surface area contributed by atoms with Gasteiger partial charge in [0.25, 0.3) is 5.91 Å². The van der Waals surface area contributed by atoms with Gasteiger partial charge in [0.2, 0.25) is 0 Å². The van der Waals surface area contributed by atoms with E-state index in [0.29, 0.717) is 17.0 Å². The first-order chi connectivity index (χ1) is 10.7. The van der Waals surface area contributed by atoms with E-state index in [-0.39, 0.29) is 17.8 Å². The van der Waals surface area contributed by atoms with E-state index >= 15 is 0 Å². The van der Waals surface area contributed by atoms with Gasteiger partial charge in [-0.1, -0.05) is 0 Å². The predicted octanol–water partition coefficient (Wildman–Crippen LogP) is 2.57. The fourth-order valence-electron chi connectivity index (χ4n) is 3.33. The number of aromatic nitrogens is 1. The summed E-state index contributed by atoms with van der Waals surface area (Å²) >= 11 is 1.34. The number of nitrogens with one attached hydrogen (secondary N) is 2. The number of hydrogen-bond acceptors (Lipinski definition) is 4. The third kappa shape index (κ3) is 2.53. The van der Waals surface area contributed by atoms with Crippen molar-refractivity contribution in [2.45, 2.75) is 37.4 Å². The number of halogens is 1. The lowest BCUT2D eigenvalue weighted by atomic mass is 9.95. The Hall–Kier alpha value is -1.79. The second kappa shape index (κ2) is 5.44. The molecule has 2 aromatic rings. The molecule has 3 atom stereocenters. The molecule has 0 radical (unpaired) electrons. The average molecular weight is 317 g/mol. The van der Waals surface area contributed by atoms with Gasteiger partial charge in [-0.05, 0) is 43.5 Å². The number of thiazole rings is 1. The fourth-order valence-corrected chi connectivity index (χ4v) is 4.15. The molecule has 1 aromatic heterocycles. The molecule has 2 aliphatic heterocycles. The van der Waals surface area contributed by atoms with Crippen LogP contribution in [0.25, 0.3) is 10.6 Å². The van der Waals surface area contributed by atoms with Gasteiger partial charge < -0.3 is 10.6 Å². The highest BCUT2D eigenvalue weighted by Crippen LogP contribution is 2.29. The molecule has 2 aliphatic rings. The second-order valence-corrected chi connectivity index (χ2v) is 6.93. The molecule has 0 saturated carbocycles. The number of hydrogen-bond donors (Lipinski definition) is 2. The Kier molecular flexibility index (Phi) is 3.43. The van der Waals surface area contributed by atoms with Crippen molar-refractivity contribution in [1.29, 1.82) is 0 Å². The van der Waals surface area contributed by atoms with Crippen molar-refractivity contribution >= 4 is 17.2 Å². The van der Waals surface area contributed by atoms with E-state index in [1.165, 1.54) is 29.9 Å². The number of nitrogens with zero attached hydrogens (tertiary/aromatic N) is 1. The zero-order chi connectivity index (χ0) is 15.1. The molecule has 0 spiro atoms. The van der Waals surface area contributed by atoms with Crippen LogP contribution in [0.1, 0.15) is 28.9 Å². The van der Waals surface area contributed by atoms with Crippen LogP contribution in [-0.2, 0) is 0 Å². The van der Waals surface area contributed by atoms with E-state index < -0.39 is 0 Å². The quantitative estimate of drug-likeness (QED) is 0.915. The molecule has 2 fully saturated rings. The molecule has 4 nitrogen and oxygen atoms in total. The molecule has 2 bridgehead atoms. The Balaban J connectivity index is 1.46. The van der Waals surface area contributed by atoms with Crippen molar-refractivity contribution in [1.82, 2.24) is 15.6 Å². The van der Waals surface area contributed by atoms with Crippen LogP contribution >= 0.6 is 11.3 Å². The first-order valence-corrected chi connectivity index (χ1v) is 8.29. The van der Waals surface area contributed by atoms with Crippen LogP contribution in [0.5, 0.6) is 0 Å². The van der Waals surface area contributed by atoms with Crippen molar-refractivity contribution in [3.05, 3.63) is 41.2 Å². The first-order valence-electron chi connectivity index (χ1n) is 7.48. The van der Waals surface area contributed by atoms with E-state index in [0.717, 1.165) is 23.4 Å². The molecule has 3 unspecified atom stereocenters. The zero-order valence-electron chi connectivity index (χ0n) is 11.9. The monoisotopic (exact) mass is 317 g/mol. The van der Waals surface area contributed by atoms with Gasteiger partial charge in [0.15, 0.2) is 0 Å². The highest BCUT2D eigenvalue weighted by molar-refractivity contribution is 7.16. The standard InChI is InChI=1S/C16H16FN3OS/c17-10-3-1-9(2-4-10)16-18-8-14(22-16)15(21)20-13-7-11-5-6-12(13)19-11/h1-4,8,11-13,19H,5-7H2,(H,20,21). The summed E-state index contributed by atoms with van der Waals surface area (Å²) in [7, 11) is 0. The van der Waals surface area contributed by atoms with Crippen LogP contribution < -0.4 is 10.6 Å². The molecular weight excluding hydrogens is 301 g/mol. The van der Waals surface area contributed by atoms with Crippen LogP contribution in [0, 0.1) is 5.82 Å². The minimum absolute atomic E-state index is 0.0646. The van der Waals surface area contributed by atoms with E-state index in [2.05, 4.69) is 15.6 Å². The molecule has 3 heterocycles. The summed E-state index contributed by atoms with van der Waals surface area (Å²) in [6.07, 6.45) is 4.96. The smallest absolute Gasteiger partial charge is 0.263 e. The van der Waals surface area contributed by atoms with E-state index in [1.807, 2.05) is 0 Å². The van der Waals surface area contributed by atoms with Crippen molar-refractivity contribution < 1.29 is 9.18 Å². The van der Waals surface area contributed by atoms with Crippen LogP contribution in [0.15, 0.2) is 30.5 Å². The minimum Gasteiger partial charge on any atom is -0.347 e. The van der Waals surface area contributed by atoms with Crippen molar-refractivity contribution in [2.75, 3.05) is 0 Å². The van der Waals surface area contributed by atoms with Gasteiger partial charge in [-0.2, -0.15) is 0 Å². The number of carbonyl (C=O) groups is 1. The summed E-state index contributed by atoms with van der Waals surface area (Å²) in [6.45, 7) is 0. The van der Waals surface area contributed by atoms with Gasteiger partial charge in [0.05, 0.1) is 6.20 Å². The predicted molar refractivity (Wildman–Crippen MR) is 83.3 cm³/mol. The van der Waals surface area contributed by atoms with Crippen molar-refractivity contribution in [3.8, 4) is 10.6 Å². The second-order valence-electron chi connectivity index (χ2n) is 5.90. The SMILES string of the molecule is O=C(NC1CC2CCC1N2)c1cnc(-c2ccc(F)cc2)s1. The molecule has 6 heteroatoms. The van der Waals surface area contributed by atoms with Crippen molar-refractivity contribution in [3.63, 3.8) is 0 Å². The number of amides is 1. The summed E-state index contributed by atoms with van der Waals surface area (Å²) in [5.41, 5.74) is 0.826. The third-order valence-electron chi connectivity index (χ3n) is 4.44. The maximum Gasteiger partial charge on any atom is 0.263 e. The zero-order valence-corrected chi connectivity index (χ0v) is 12.7. The summed E-state index contributed by atoms with van der Waals surface area (Å²) in [4.78, 5) is 17.2. The summed E-state index contributed by atoms with van der Waals surface area (Å²) in [5, 5.41) is 7.35. The number of rotatable bonds is 3. The van der Waals surface area contributed by atoms with E-state index in [1.54, 1.807) is 18.3 Å². The molecular formula is C16H16FN3OS. The van der Waals surface area contributed by atoms with Crippen LogP contribution in [-0.4, -0.2) is 29.0 Å². The highest BCUT2D eigenvalue weighted by Gasteiger charge is 2.39. The summed E-state index contributed by atoms with van der Waals surface area (Å²) in [6, 6.07) is 7.35. The Bertz CT molecular complexity index is 700. The molecule has 1 aromatic carbocycles. The number of benzene rings is 1. The fraction of sp³-hybridized carbons (Fsp3) is 0.375. The van der Waals surface area contributed by atoms with E-state index in [4.69, 9.17) is 0 Å². The molecule has 4 rings (SSSR count). The Morgan fingerprint density at radius 2 is 2.14 bits per heavy atom. The molecule has 114 valence electrons. The highest BCUT2D eigenvalue weighted by atomic mass is 32.1. The van der Waals surface area contributed by atoms with Crippen LogP contribution in [0.2, 0.25) is 0 Å². The summed E-state index contributed by atoms with van der Waals surface area (Å²) < 4.78 is 12.9. The molecule has 1 amide bonds. The van der Waals surface area contributed by atoms with Gasteiger partial charge in [0.1, 0.15) is 15.7 Å². The van der Waals surface area contributed by atoms with Crippen LogP contribution in [0.4, 0.5) is 4.39 Å². The van der Waals surface area contributed by atoms with Gasteiger partial charge in [0, 0.05) is 23.7 Å². The maximum absolute atomic E-state index is 12.9. The van der Waals surface area contributed by atoms with Gasteiger partial charge in [-0.25, -0.2) is 9.37 Å². The Labute approximate surface area is 131 Å². The van der Waals surface area contributed by atoms with Crippen LogP contribution in [0.3, 0.4) is 0 Å². The normalized spacial score (nSPS) is 26.3. The molecule has 2 saturated heterocycles. The van der Waals surface area contributed by atoms with Gasteiger partial charge >= 0.3 is 0 Å². The van der Waals surface area contributed by atoms with E-state index in [9.17, 15) is 9.18 Å².